The van der Waals surface area contributed by atoms with Crippen molar-refractivity contribution in [2.24, 2.45) is 0 Å². The van der Waals surface area contributed by atoms with E-state index >= 15 is 0 Å². The van der Waals surface area contributed by atoms with Gasteiger partial charge in [0.05, 0.1) is 0 Å². The van der Waals surface area contributed by atoms with Crippen LogP contribution >= 0.6 is 0 Å². The van der Waals surface area contributed by atoms with Crippen LogP contribution in [0.15, 0.2) is 71.2 Å². The van der Waals surface area contributed by atoms with Crippen molar-refractivity contribution in [2.75, 3.05) is 33.0 Å². The highest BCUT2D eigenvalue weighted by molar-refractivity contribution is 5.70. The van der Waals surface area contributed by atoms with Gasteiger partial charge in [0.25, 0.3) is 5.56 Å². The molecule has 0 aliphatic heterocycles. The number of rotatable bonds is 6. The van der Waals surface area contributed by atoms with Gasteiger partial charge in [-0.15, -0.1) is 12.8 Å². The SMILES string of the molecule is C#C.CC(C)=C/C=C\CN(C)C.CNc1cccc(/C=C/c2ccc[nH]c2=O)c1. The zero-order valence-electron chi connectivity index (χ0n) is 18.1. The molecule has 2 rings (SSSR count). The molecule has 1 aromatic heterocycles. The van der Waals surface area contributed by atoms with Crippen LogP contribution in [0.1, 0.15) is 25.0 Å². The molecule has 0 atom stereocenters. The van der Waals surface area contributed by atoms with E-state index in [2.05, 4.69) is 74.2 Å². The molecule has 0 aliphatic rings. The maximum Gasteiger partial charge on any atom is 0.255 e. The number of aromatic amines is 1. The van der Waals surface area contributed by atoms with Crippen molar-refractivity contribution in [3.8, 4) is 12.8 Å². The van der Waals surface area contributed by atoms with E-state index in [0.29, 0.717) is 5.56 Å². The first kappa shape index (κ1) is 25.7. The Labute approximate surface area is 175 Å². The zero-order valence-corrected chi connectivity index (χ0v) is 18.1. The summed E-state index contributed by atoms with van der Waals surface area (Å²) in [6, 6.07) is 11.6. The lowest BCUT2D eigenvalue weighted by Gasteiger charge is -2.02. The Kier molecular flexibility index (Phi) is 14.0. The quantitative estimate of drug-likeness (QED) is 0.543. The number of aromatic nitrogens is 1. The Bertz CT molecular complexity index is 867. The van der Waals surface area contributed by atoms with Crippen LogP contribution in [0.4, 0.5) is 5.69 Å². The summed E-state index contributed by atoms with van der Waals surface area (Å²) >= 11 is 0. The number of terminal acetylenes is 1. The Morgan fingerprint density at radius 2 is 1.86 bits per heavy atom. The Morgan fingerprint density at radius 3 is 2.45 bits per heavy atom. The standard InChI is InChI=1S/C14H14N2O.C9H17N.C2H2/c1-15-13-6-2-4-11(10-13)7-8-12-5-3-9-16-14(12)17;1-9(2)7-5-6-8-10(3)4;1-2/h2-10,15H,1H3,(H,16,17);5-7H,8H2,1-4H3;1-2H/b8-7+;6-5-;. The lowest BCUT2D eigenvalue weighted by molar-refractivity contribution is 0.456. The van der Waals surface area contributed by atoms with Crippen LogP contribution in [-0.2, 0) is 0 Å². The molecule has 0 fully saturated rings. The van der Waals surface area contributed by atoms with Gasteiger partial charge in [-0.1, -0.05) is 42.0 Å². The predicted octanol–water partition coefficient (Wildman–Crippen LogP) is 4.91. The van der Waals surface area contributed by atoms with Gasteiger partial charge in [-0.25, -0.2) is 0 Å². The molecular formula is C25H33N3O. The summed E-state index contributed by atoms with van der Waals surface area (Å²) in [5, 5.41) is 3.08. The van der Waals surface area contributed by atoms with Crippen LogP contribution in [0, 0.1) is 12.8 Å². The Balaban J connectivity index is 0.000000563. The molecule has 0 amide bonds. The van der Waals surface area contributed by atoms with Gasteiger partial charge in [-0.2, -0.15) is 0 Å². The Morgan fingerprint density at radius 1 is 1.14 bits per heavy atom. The molecule has 0 bridgehead atoms. The van der Waals surface area contributed by atoms with Gasteiger partial charge in [0.15, 0.2) is 0 Å². The molecule has 1 aromatic carbocycles. The van der Waals surface area contributed by atoms with Crippen molar-refractivity contribution in [3.63, 3.8) is 0 Å². The number of anilines is 1. The number of benzene rings is 1. The fraction of sp³-hybridized carbons (Fsp3) is 0.240. The van der Waals surface area contributed by atoms with Crippen LogP contribution in [0.25, 0.3) is 12.2 Å². The van der Waals surface area contributed by atoms with Gasteiger partial charge in [0.1, 0.15) is 0 Å². The molecule has 2 N–H and O–H groups in total. The Hall–Kier alpha value is -3.29. The number of allylic oxidation sites excluding steroid dienone is 3. The highest BCUT2D eigenvalue weighted by Crippen LogP contribution is 2.12. The lowest BCUT2D eigenvalue weighted by atomic mass is 10.1. The van der Waals surface area contributed by atoms with E-state index in [4.69, 9.17) is 0 Å². The summed E-state index contributed by atoms with van der Waals surface area (Å²) in [5.74, 6) is 0. The highest BCUT2D eigenvalue weighted by Gasteiger charge is 1.93. The minimum absolute atomic E-state index is 0.0754. The molecule has 2 aromatic rings. The van der Waals surface area contributed by atoms with E-state index < -0.39 is 0 Å². The van der Waals surface area contributed by atoms with Gasteiger partial charge in [0.2, 0.25) is 0 Å². The maximum atomic E-state index is 11.4. The molecule has 4 heteroatoms. The van der Waals surface area contributed by atoms with Crippen molar-refractivity contribution in [2.45, 2.75) is 13.8 Å². The average molecular weight is 392 g/mol. The third-order valence-corrected chi connectivity index (χ3v) is 3.52. The molecule has 0 saturated heterocycles. The fourth-order valence-corrected chi connectivity index (χ4v) is 2.08. The molecule has 0 saturated carbocycles. The highest BCUT2D eigenvalue weighted by atomic mass is 16.1. The monoisotopic (exact) mass is 391 g/mol. The lowest BCUT2D eigenvalue weighted by Crippen LogP contribution is -2.10. The second-order valence-corrected chi connectivity index (χ2v) is 6.60. The van der Waals surface area contributed by atoms with Crippen LogP contribution < -0.4 is 10.9 Å². The van der Waals surface area contributed by atoms with E-state index in [0.717, 1.165) is 17.8 Å². The minimum atomic E-state index is -0.0754. The first-order chi connectivity index (χ1) is 13.9. The predicted molar refractivity (Wildman–Crippen MR) is 129 cm³/mol. The van der Waals surface area contributed by atoms with E-state index in [-0.39, 0.29) is 5.56 Å². The second kappa shape index (κ2) is 15.7. The molecule has 4 nitrogen and oxygen atoms in total. The molecule has 0 spiro atoms. The summed E-state index contributed by atoms with van der Waals surface area (Å²) < 4.78 is 0. The average Bonchev–Trinajstić information content (AvgIpc) is 2.72. The van der Waals surface area contributed by atoms with Crippen molar-refractivity contribution in [1.82, 2.24) is 9.88 Å². The number of pyridine rings is 1. The van der Waals surface area contributed by atoms with E-state index in [1.54, 1.807) is 12.3 Å². The van der Waals surface area contributed by atoms with Crippen LogP contribution in [0.3, 0.4) is 0 Å². The molecule has 1 heterocycles. The molecule has 0 unspecified atom stereocenters. The van der Waals surface area contributed by atoms with Crippen molar-refractivity contribution in [1.29, 1.82) is 0 Å². The summed E-state index contributed by atoms with van der Waals surface area (Å²) in [6.45, 7) is 5.21. The summed E-state index contributed by atoms with van der Waals surface area (Å²) in [4.78, 5) is 16.2. The number of hydrogen-bond donors (Lipinski definition) is 2. The van der Waals surface area contributed by atoms with Crippen LogP contribution in [0.2, 0.25) is 0 Å². The number of nitrogens with one attached hydrogen (secondary N) is 2. The third kappa shape index (κ3) is 12.7. The molecular weight excluding hydrogens is 358 g/mol. The summed E-state index contributed by atoms with van der Waals surface area (Å²) in [7, 11) is 6.00. The van der Waals surface area contributed by atoms with Crippen molar-refractivity contribution < 1.29 is 0 Å². The van der Waals surface area contributed by atoms with E-state index in [9.17, 15) is 4.79 Å². The maximum absolute atomic E-state index is 11.4. The number of likely N-dealkylation sites (N-methyl/N-ethyl adjacent to an activating group) is 1. The largest absolute Gasteiger partial charge is 0.388 e. The molecule has 0 aliphatic carbocycles. The van der Waals surface area contributed by atoms with Gasteiger partial charge >= 0.3 is 0 Å². The number of nitrogens with zero attached hydrogens (tertiary/aromatic N) is 1. The number of H-pyrrole nitrogens is 1. The normalized spacial score (nSPS) is 10.1. The first-order valence-corrected chi connectivity index (χ1v) is 9.34. The smallest absolute Gasteiger partial charge is 0.255 e. The number of hydrogen-bond acceptors (Lipinski definition) is 3. The van der Waals surface area contributed by atoms with E-state index in [1.165, 1.54) is 5.57 Å². The second-order valence-electron chi connectivity index (χ2n) is 6.60. The van der Waals surface area contributed by atoms with Crippen LogP contribution in [-0.4, -0.2) is 37.6 Å². The van der Waals surface area contributed by atoms with Crippen molar-refractivity contribution >= 4 is 17.8 Å². The molecule has 0 radical (unpaired) electrons. The van der Waals surface area contributed by atoms with Gasteiger partial charge < -0.3 is 15.2 Å². The van der Waals surface area contributed by atoms with Gasteiger partial charge in [-0.3, -0.25) is 4.79 Å². The summed E-state index contributed by atoms with van der Waals surface area (Å²) in [5.41, 5.74) is 4.03. The fourth-order valence-electron chi connectivity index (χ4n) is 2.08. The molecule has 154 valence electrons. The minimum Gasteiger partial charge on any atom is -0.388 e. The topological polar surface area (TPSA) is 48.1 Å². The van der Waals surface area contributed by atoms with Gasteiger partial charge in [0, 0.05) is 31.0 Å². The zero-order chi connectivity index (χ0) is 22.1. The van der Waals surface area contributed by atoms with E-state index in [1.807, 2.05) is 49.5 Å². The van der Waals surface area contributed by atoms with Crippen molar-refractivity contribution in [3.05, 3.63) is 87.9 Å². The first-order valence-electron chi connectivity index (χ1n) is 9.34. The summed E-state index contributed by atoms with van der Waals surface area (Å²) in [6.07, 6.45) is 19.7. The van der Waals surface area contributed by atoms with Crippen LogP contribution in [0.5, 0.6) is 0 Å². The van der Waals surface area contributed by atoms with Gasteiger partial charge in [-0.05, 0) is 63.8 Å². The third-order valence-electron chi connectivity index (χ3n) is 3.52. The molecule has 29 heavy (non-hydrogen) atoms.